The summed E-state index contributed by atoms with van der Waals surface area (Å²) in [6.07, 6.45) is 8.63. The average molecular weight is 235 g/mol. The van der Waals surface area contributed by atoms with Gasteiger partial charge in [-0.25, -0.2) is 14.1 Å². The lowest BCUT2D eigenvalue weighted by Gasteiger charge is -1.99. The topological polar surface area (TPSA) is 0 Å². The zero-order valence-corrected chi connectivity index (χ0v) is 10.6. The number of unbranched alkanes of at least 4 members (excludes halogenated alkanes) is 5. The van der Waals surface area contributed by atoms with E-state index in [-0.39, 0.29) is 0 Å². The van der Waals surface area contributed by atoms with Crippen molar-refractivity contribution in [3.05, 3.63) is 0 Å². The van der Waals surface area contributed by atoms with Crippen molar-refractivity contribution in [3.63, 3.8) is 0 Å². The quantitative estimate of drug-likeness (QED) is 0.454. The van der Waals surface area contributed by atoms with Crippen molar-refractivity contribution in [2.75, 3.05) is 0 Å². The molecule has 0 unspecified atom stereocenters. The van der Waals surface area contributed by atoms with E-state index >= 15 is 0 Å². The van der Waals surface area contributed by atoms with Gasteiger partial charge in [-0.3, -0.25) is 0 Å². The largest absolute Gasteiger partial charge is 0.362 e. The molecule has 0 aromatic heterocycles. The second kappa shape index (κ2) is 9.10. The summed E-state index contributed by atoms with van der Waals surface area (Å²) in [5.74, 6) is 2.37. The number of hydrogen-bond acceptors (Lipinski definition) is 0. The van der Waals surface area contributed by atoms with E-state index in [0.29, 0.717) is 0 Å². The van der Waals surface area contributed by atoms with Crippen LogP contribution in [0.3, 0.4) is 0 Å². The van der Waals surface area contributed by atoms with Gasteiger partial charge in [0.15, 0.2) is 0 Å². The average Bonchev–Trinajstić information content (AvgIpc) is 1.96. The Labute approximate surface area is 82.8 Å². The molecule has 11 heavy (non-hydrogen) atoms. The van der Waals surface area contributed by atoms with E-state index in [1.54, 1.807) is 0 Å². The molecule has 0 heterocycles. The fourth-order valence-electron chi connectivity index (χ4n) is 1.21. The Hall–Kier alpha value is 1.01. The van der Waals surface area contributed by atoms with Crippen LogP contribution in [0.2, 0.25) is 11.1 Å². The minimum Gasteiger partial charge on any atom is -0.217 e. The monoisotopic (exact) mass is 234 g/mol. The number of hydrogen-bond donors (Lipinski definition) is 0. The van der Waals surface area contributed by atoms with E-state index in [1.807, 2.05) is 0 Å². The molecule has 0 rings (SSSR count). The second-order valence-corrected chi connectivity index (χ2v) is 10.2. The summed E-state index contributed by atoms with van der Waals surface area (Å²) in [5, 5.41) is 1.48. The molecule has 0 bridgehead atoms. The highest BCUT2D eigenvalue weighted by Gasteiger charge is 2.02. The molecule has 0 saturated carbocycles. The second-order valence-electron chi connectivity index (χ2n) is 3.34. The fraction of sp³-hybridized carbons (Fsp3) is 1.00. The van der Waals surface area contributed by atoms with Crippen molar-refractivity contribution in [3.8, 4) is 0 Å². The van der Waals surface area contributed by atoms with Gasteiger partial charge in [-0.15, -0.1) is 0 Å². The first-order valence-electron chi connectivity index (χ1n) is 4.91. The fourth-order valence-corrected chi connectivity index (χ4v) is 3.03. The van der Waals surface area contributed by atoms with E-state index in [4.69, 9.17) is 0 Å². The Morgan fingerprint density at radius 3 is 2.09 bits per heavy atom. The van der Waals surface area contributed by atoms with Crippen molar-refractivity contribution in [2.45, 2.75) is 56.5 Å². The molecule has 2 heteroatoms. The van der Waals surface area contributed by atoms with Crippen LogP contribution in [0.5, 0.6) is 0 Å². The SMILES string of the molecule is CCCCCCC[CH2][Al]([CH3])[Br]. The summed E-state index contributed by atoms with van der Waals surface area (Å²) in [5.41, 5.74) is 0. The van der Waals surface area contributed by atoms with Gasteiger partial charge < -0.3 is 0 Å². The van der Waals surface area contributed by atoms with Gasteiger partial charge in [-0.2, -0.15) is 0 Å². The summed E-state index contributed by atoms with van der Waals surface area (Å²) in [7, 11) is 0. The van der Waals surface area contributed by atoms with Gasteiger partial charge in [0.05, 0.1) is 0 Å². The standard InChI is InChI=1S/C8H17.CH3.Al.BrH/c1-3-5-7-8-6-4-2;;;/h1,3-8H2,2H3;1H3;;1H/q;;+1;/p-1. The Kier molecular flexibility index (Phi) is 9.94. The first kappa shape index (κ1) is 12.0. The molecule has 0 spiro atoms. The van der Waals surface area contributed by atoms with E-state index < -0.39 is 12.3 Å². The molecule has 0 aliphatic rings. The van der Waals surface area contributed by atoms with E-state index in [0.717, 1.165) is 0 Å². The summed E-state index contributed by atoms with van der Waals surface area (Å²) in [4.78, 5) is 0. The van der Waals surface area contributed by atoms with E-state index in [1.165, 1.54) is 43.8 Å². The minimum absolute atomic E-state index is 0.417. The molecule has 0 N–H and O–H groups in total. The first-order valence-corrected chi connectivity index (χ1v) is 10.1. The van der Waals surface area contributed by atoms with Gasteiger partial charge in [0.1, 0.15) is 0 Å². The molecule has 0 aliphatic carbocycles. The van der Waals surface area contributed by atoms with Crippen molar-refractivity contribution in [1.82, 2.24) is 0 Å². The van der Waals surface area contributed by atoms with Crippen molar-refractivity contribution in [1.29, 1.82) is 0 Å². The van der Waals surface area contributed by atoms with Crippen LogP contribution >= 0.6 is 14.1 Å². The zero-order valence-electron chi connectivity index (χ0n) is 7.91. The molecule has 0 amide bonds. The van der Waals surface area contributed by atoms with Crippen LogP contribution in [0.4, 0.5) is 0 Å². The molecular weight excluding hydrogens is 215 g/mol. The lowest BCUT2D eigenvalue weighted by Crippen LogP contribution is -1.93. The molecular formula is C9H20AlBr. The lowest BCUT2D eigenvalue weighted by atomic mass is 10.1. The molecule has 0 fully saturated rings. The molecule has 0 aliphatic heterocycles. The minimum atomic E-state index is -0.417. The van der Waals surface area contributed by atoms with Gasteiger partial charge >= 0.3 is 12.3 Å². The van der Waals surface area contributed by atoms with Crippen molar-refractivity contribution >= 4 is 26.4 Å². The lowest BCUT2D eigenvalue weighted by molar-refractivity contribution is 0.624. The first-order chi connectivity index (χ1) is 5.27. The highest BCUT2D eigenvalue weighted by molar-refractivity contribution is 9.24. The van der Waals surface area contributed by atoms with Crippen LogP contribution in [-0.4, -0.2) is 12.3 Å². The van der Waals surface area contributed by atoms with E-state index in [9.17, 15) is 0 Å². The highest BCUT2D eigenvalue weighted by atomic mass is 79.9. The Morgan fingerprint density at radius 1 is 1.00 bits per heavy atom. The van der Waals surface area contributed by atoms with Crippen LogP contribution in [0.15, 0.2) is 0 Å². The number of rotatable bonds is 7. The normalized spacial score (nSPS) is 10.1. The predicted octanol–water partition coefficient (Wildman–Crippen LogP) is 4.36. The summed E-state index contributed by atoms with van der Waals surface area (Å²) in [6.45, 7) is 2.27. The maximum atomic E-state index is 3.70. The molecule has 0 aromatic carbocycles. The molecule has 0 radical (unpaired) electrons. The Balaban J connectivity index is 2.80. The Bertz CT molecular complexity index is 74.0. The zero-order chi connectivity index (χ0) is 8.53. The third-order valence-corrected chi connectivity index (χ3v) is 4.53. The van der Waals surface area contributed by atoms with Crippen molar-refractivity contribution in [2.24, 2.45) is 0 Å². The smallest absolute Gasteiger partial charge is 0.217 e. The van der Waals surface area contributed by atoms with Gasteiger partial charge in [0.2, 0.25) is 0 Å². The van der Waals surface area contributed by atoms with Crippen LogP contribution < -0.4 is 0 Å². The van der Waals surface area contributed by atoms with Gasteiger partial charge in [-0.1, -0.05) is 56.5 Å². The highest BCUT2D eigenvalue weighted by Crippen LogP contribution is 2.10. The van der Waals surface area contributed by atoms with Crippen LogP contribution in [0.25, 0.3) is 0 Å². The molecule has 0 atom stereocenters. The maximum Gasteiger partial charge on any atom is 0.362 e. The van der Waals surface area contributed by atoms with Crippen LogP contribution in [0.1, 0.15) is 45.4 Å². The summed E-state index contributed by atoms with van der Waals surface area (Å²) in [6, 6.07) is 0. The molecule has 0 nitrogen and oxygen atoms in total. The van der Waals surface area contributed by atoms with Gasteiger partial charge in [0, 0.05) is 0 Å². The summed E-state index contributed by atoms with van der Waals surface area (Å²) >= 11 is 3.28. The van der Waals surface area contributed by atoms with Crippen molar-refractivity contribution < 1.29 is 0 Å². The maximum absolute atomic E-state index is 3.70. The van der Waals surface area contributed by atoms with E-state index in [2.05, 4.69) is 26.8 Å². The third kappa shape index (κ3) is 11.0. The number of halogens is 1. The third-order valence-electron chi connectivity index (χ3n) is 1.96. The molecule has 0 aromatic rings. The molecule has 0 saturated heterocycles. The summed E-state index contributed by atoms with van der Waals surface area (Å²) < 4.78 is 0. The predicted molar refractivity (Wildman–Crippen MR) is 58.7 cm³/mol. The van der Waals surface area contributed by atoms with Crippen LogP contribution in [-0.2, 0) is 0 Å². The van der Waals surface area contributed by atoms with Gasteiger partial charge in [-0.05, 0) is 0 Å². The van der Waals surface area contributed by atoms with Gasteiger partial charge in [0.25, 0.3) is 0 Å². The van der Waals surface area contributed by atoms with Crippen LogP contribution in [0, 0.1) is 0 Å². The Morgan fingerprint density at radius 2 is 1.55 bits per heavy atom. The molecule has 66 valence electrons.